The number of carboxylic acids is 1. The smallest absolute Gasteiger partial charge is 0.304 e. The van der Waals surface area contributed by atoms with Crippen molar-refractivity contribution in [3.8, 4) is 0 Å². The van der Waals surface area contributed by atoms with Crippen LogP contribution in [0.2, 0.25) is 0 Å². The summed E-state index contributed by atoms with van der Waals surface area (Å²) in [5, 5.41) is 8.91. The Labute approximate surface area is 120 Å². The minimum absolute atomic E-state index is 0.0925. The van der Waals surface area contributed by atoms with Gasteiger partial charge in [-0.2, -0.15) is 0 Å². The van der Waals surface area contributed by atoms with Crippen molar-refractivity contribution >= 4 is 5.97 Å². The van der Waals surface area contributed by atoms with Crippen molar-refractivity contribution in [2.45, 2.75) is 52.1 Å². The van der Waals surface area contributed by atoms with Crippen molar-refractivity contribution in [3.63, 3.8) is 0 Å². The Morgan fingerprint density at radius 2 is 1.85 bits per heavy atom. The Morgan fingerprint density at radius 3 is 2.25 bits per heavy atom. The van der Waals surface area contributed by atoms with E-state index in [1.165, 1.54) is 12.1 Å². The van der Waals surface area contributed by atoms with Crippen LogP contribution in [0, 0.1) is 5.82 Å². The Bertz CT molecular complexity index is 437. The van der Waals surface area contributed by atoms with Crippen LogP contribution in [0.5, 0.6) is 0 Å². The zero-order chi connectivity index (χ0) is 15.3. The molecule has 0 amide bonds. The van der Waals surface area contributed by atoms with E-state index >= 15 is 0 Å². The highest BCUT2D eigenvalue weighted by molar-refractivity contribution is 5.66. The van der Waals surface area contributed by atoms with Crippen LogP contribution in [0.1, 0.15) is 52.1 Å². The molecule has 0 aromatic heterocycles. The van der Waals surface area contributed by atoms with E-state index in [2.05, 4.69) is 32.6 Å². The molecule has 1 aromatic carbocycles. The molecule has 1 aromatic rings. The third-order valence-electron chi connectivity index (χ3n) is 3.45. The summed E-state index contributed by atoms with van der Waals surface area (Å²) in [5.41, 5.74) is 0.874. The molecule has 0 aliphatic rings. The molecule has 4 heteroatoms. The van der Waals surface area contributed by atoms with Crippen LogP contribution in [-0.4, -0.2) is 28.1 Å². The van der Waals surface area contributed by atoms with Crippen molar-refractivity contribution in [2.24, 2.45) is 0 Å². The number of halogens is 1. The highest BCUT2D eigenvalue weighted by Gasteiger charge is 2.29. The molecule has 0 aliphatic heterocycles. The fraction of sp³-hybridized carbons (Fsp3) is 0.562. The van der Waals surface area contributed by atoms with Crippen LogP contribution in [0.25, 0.3) is 0 Å². The van der Waals surface area contributed by atoms with Crippen molar-refractivity contribution in [1.82, 2.24) is 4.90 Å². The van der Waals surface area contributed by atoms with Gasteiger partial charge in [0.2, 0.25) is 0 Å². The predicted molar refractivity (Wildman–Crippen MR) is 78.1 cm³/mol. The van der Waals surface area contributed by atoms with E-state index in [1.807, 2.05) is 0 Å². The Kier molecular flexibility index (Phi) is 5.69. The first-order valence-corrected chi connectivity index (χ1v) is 6.99. The zero-order valence-electron chi connectivity index (χ0n) is 12.7. The van der Waals surface area contributed by atoms with Gasteiger partial charge < -0.3 is 5.11 Å². The summed E-state index contributed by atoms with van der Waals surface area (Å²) in [5.74, 6) is -1.05. The van der Waals surface area contributed by atoms with Gasteiger partial charge in [-0.05, 0) is 44.9 Å². The van der Waals surface area contributed by atoms with Crippen LogP contribution >= 0.6 is 0 Å². The number of nitrogens with zero attached hydrogens (tertiary/aromatic N) is 1. The lowest BCUT2D eigenvalue weighted by molar-refractivity contribution is -0.137. The number of carbonyl (C=O) groups is 1. The second kappa shape index (κ2) is 6.84. The van der Waals surface area contributed by atoms with E-state index < -0.39 is 5.97 Å². The number of rotatable bonds is 6. The first kappa shape index (κ1) is 16.6. The fourth-order valence-corrected chi connectivity index (χ4v) is 2.50. The molecule has 0 saturated heterocycles. The average Bonchev–Trinajstić information content (AvgIpc) is 2.34. The van der Waals surface area contributed by atoms with Crippen LogP contribution < -0.4 is 0 Å². The highest BCUT2D eigenvalue weighted by atomic mass is 19.1. The second-order valence-electron chi connectivity index (χ2n) is 5.98. The number of carboxylic acid groups (broad SMARTS) is 1. The zero-order valence-corrected chi connectivity index (χ0v) is 12.7. The highest BCUT2D eigenvalue weighted by Crippen LogP contribution is 2.31. The summed E-state index contributed by atoms with van der Waals surface area (Å²) < 4.78 is 13.1. The lowest BCUT2D eigenvalue weighted by Gasteiger charge is -2.41. The SMILES string of the molecule is CCC(c1ccc(F)cc1)N(CCC(=O)O)C(C)(C)C. The topological polar surface area (TPSA) is 40.5 Å². The standard InChI is InChI=1S/C16H24FNO2/c1-5-14(12-6-8-13(17)9-7-12)18(16(2,3)4)11-10-15(19)20/h6-9,14H,5,10-11H2,1-4H3,(H,19,20). The first-order valence-electron chi connectivity index (χ1n) is 6.99. The molecular weight excluding hydrogens is 257 g/mol. The van der Waals surface area contributed by atoms with Crippen LogP contribution in [0.4, 0.5) is 4.39 Å². The van der Waals surface area contributed by atoms with E-state index in [4.69, 9.17) is 5.11 Å². The van der Waals surface area contributed by atoms with Crippen LogP contribution in [-0.2, 0) is 4.79 Å². The van der Waals surface area contributed by atoms with Crippen molar-refractivity contribution in [3.05, 3.63) is 35.6 Å². The third kappa shape index (κ3) is 4.60. The van der Waals surface area contributed by atoms with E-state index in [0.717, 1.165) is 12.0 Å². The molecule has 112 valence electrons. The Hall–Kier alpha value is -1.42. The largest absolute Gasteiger partial charge is 0.481 e. The molecule has 20 heavy (non-hydrogen) atoms. The molecule has 1 N–H and O–H groups in total. The number of aliphatic carboxylic acids is 1. The van der Waals surface area contributed by atoms with E-state index in [0.29, 0.717) is 6.54 Å². The van der Waals surface area contributed by atoms with Crippen LogP contribution in [0.15, 0.2) is 24.3 Å². The van der Waals surface area contributed by atoms with Gasteiger partial charge in [-0.1, -0.05) is 19.1 Å². The van der Waals surface area contributed by atoms with Crippen molar-refractivity contribution in [1.29, 1.82) is 0 Å². The van der Waals surface area contributed by atoms with Crippen LogP contribution in [0.3, 0.4) is 0 Å². The summed E-state index contributed by atoms with van der Waals surface area (Å²) in [6.45, 7) is 8.76. The van der Waals surface area contributed by atoms with Crippen molar-refractivity contribution in [2.75, 3.05) is 6.54 Å². The lowest BCUT2D eigenvalue weighted by Crippen LogP contribution is -2.44. The monoisotopic (exact) mass is 281 g/mol. The van der Waals surface area contributed by atoms with E-state index in [1.54, 1.807) is 12.1 Å². The molecule has 0 bridgehead atoms. The van der Waals surface area contributed by atoms with Gasteiger partial charge in [-0.3, -0.25) is 9.69 Å². The summed E-state index contributed by atoms with van der Waals surface area (Å²) >= 11 is 0. The predicted octanol–water partition coefficient (Wildman–Crippen LogP) is 3.85. The molecule has 0 heterocycles. The van der Waals surface area contributed by atoms with Gasteiger partial charge in [0.1, 0.15) is 5.82 Å². The normalized spacial score (nSPS) is 13.5. The van der Waals surface area contributed by atoms with Gasteiger partial charge in [0, 0.05) is 18.1 Å². The molecule has 3 nitrogen and oxygen atoms in total. The molecule has 1 unspecified atom stereocenters. The maximum absolute atomic E-state index is 13.1. The molecule has 0 fully saturated rings. The Balaban J connectivity index is 3.01. The average molecular weight is 281 g/mol. The third-order valence-corrected chi connectivity index (χ3v) is 3.45. The van der Waals surface area contributed by atoms with Gasteiger partial charge in [-0.15, -0.1) is 0 Å². The number of hydrogen-bond donors (Lipinski definition) is 1. The maximum atomic E-state index is 13.1. The van der Waals surface area contributed by atoms with Gasteiger partial charge in [-0.25, -0.2) is 4.39 Å². The molecule has 0 saturated carbocycles. The summed E-state index contributed by atoms with van der Waals surface area (Å²) in [6.07, 6.45) is 0.956. The van der Waals surface area contributed by atoms with E-state index in [9.17, 15) is 9.18 Å². The molecule has 1 atom stereocenters. The fourth-order valence-electron chi connectivity index (χ4n) is 2.50. The Morgan fingerprint density at radius 1 is 1.30 bits per heavy atom. The van der Waals surface area contributed by atoms with Gasteiger partial charge >= 0.3 is 5.97 Å². The number of benzene rings is 1. The van der Waals surface area contributed by atoms with Gasteiger partial charge in [0.05, 0.1) is 6.42 Å². The van der Waals surface area contributed by atoms with Crippen molar-refractivity contribution < 1.29 is 14.3 Å². The summed E-state index contributed by atoms with van der Waals surface area (Å²) in [4.78, 5) is 13.0. The quantitative estimate of drug-likeness (QED) is 0.861. The molecule has 0 spiro atoms. The maximum Gasteiger partial charge on any atom is 0.304 e. The molecule has 1 rings (SSSR count). The molecule has 0 radical (unpaired) electrons. The lowest BCUT2D eigenvalue weighted by atomic mass is 9.95. The van der Waals surface area contributed by atoms with Gasteiger partial charge in [0.25, 0.3) is 0 Å². The molecule has 0 aliphatic carbocycles. The summed E-state index contributed by atoms with van der Waals surface area (Å²) in [6, 6.07) is 6.56. The first-order chi connectivity index (χ1) is 9.25. The molecular formula is C16H24FNO2. The van der Waals surface area contributed by atoms with E-state index in [-0.39, 0.29) is 23.8 Å². The second-order valence-corrected chi connectivity index (χ2v) is 5.98. The minimum Gasteiger partial charge on any atom is -0.481 e. The minimum atomic E-state index is -0.798. The summed E-state index contributed by atoms with van der Waals surface area (Å²) in [7, 11) is 0. The number of hydrogen-bond acceptors (Lipinski definition) is 2. The van der Waals surface area contributed by atoms with Gasteiger partial charge in [0.15, 0.2) is 0 Å².